The summed E-state index contributed by atoms with van der Waals surface area (Å²) in [5, 5.41) is 2.89. The number of nitrogens with zero attached hydrogens (tertiary/aromatic N) is 1. The number of alkyl carbamates (subject to hydrolysis) is 1. The maximum atomic E-state index is 12.5. The highest BCUT2D eigenvalue weighted by Crippen LogP contribution is 2.67. The molecule has 4 aliphatic carbocycles. The summed E-state index contributed by atoms with van der Waals surface area (Å²) in [6.07, 6.45) is 16.5. The van der Waals surface area contributed by atoms with Gasteiger partial charge in [-0.3, -0.25) is 0 Å². The van der Waals surface area contributed by atoms with Gasteiger partial charge in [0.15, 0.2) is 0 Å². The van der Waals surface area contributed by atoms with Crippen LogP contribution in [0.3, 0.4) is 0 Å². The topological polar surface area (TPSA) is 50.8 Å². The average molecular weight is 573 g/mol. The molecule has 0 aliphatic heterocycles. The number of likely N-dealkylation sites (N-methyl/N-ethyl adjacent to an activating group) is 1. The molecule has 0 aromatic carbocycles. The van der Waals surface area contributed by atoms with Crippen molar-refractivity contribution in [2.24, 2.45) is 52.3 Å². The van der Waals surface area contributed by atoms with Crippen LogP contribution in [0.5, 0.6) is 0 Å². The molecule has 41 heavy (non-hydrogen) atoms. The summed E-state index contributed by atoms with van der Waals surface area (Å²) in [7, 11) is 4.06. The van der Waals surface area contributed by atoms with E-state index in [4.69, 9.17) is 9.47 Å². The lowest BCUT2D eigenvalue weighted by Gasteiger charge is -2.58. The lowest BCUT2D eigenvalue weighted by molar-refractivity contribution is -0.0584. The van der Waals surface area contributed by atoms with E-state index in [1.165, 1.54) is 51.4 Å². The zero-order valence-electron chi connectivity index (χ0n) is 28.0. The number of ether oxygens (including phenoxy) is 2. The van der Waals surface area contributed by atoms with Gasteiger partial charge < -0.3 is 19.7 Å². The van der Waals surface area contributed by atoms with Crippen LogP contribution in [-0.4, -0.2) is 57.5 Å². The first kappa shape index (κ1) is 32.8. The molecule has 5 heteroatoms. The molecular formula is C36H64N2O3. The van der Waals surface area contributed by atoms with Crippen LogP contribution >= 0.6 is 0 Å². The number of hydrogen-bond donors (Lipinski definition) is 1. The fourth-order valence-electron chi connectivity index (χ4n) is 10.2. The van der Waals surface area contributed by atoms with E-state index in [2.05, 4.69) is 57.8 Å². The summed E-state index contributed by atoms with van der Waals surface area (Å²) < 4.78 is 11.5. The van der Waals surface area contributed by atoms with Gasteiger partial charge in [0.05, 0.1) is 13.2 Å². The molecule has 3 saturated carbocycles. The Kier molecular flexibility index (Phi) is 11.3. The van der Waals surface area contributed by atoms with Crippen molar-refractivity contribution in [1.82, 2.24) is 10.2 Å². The highest BCUT2D eigenvalue weighted by atomic mass is 16.6. The first-order valence-electron chi connectivity index (χ1n) is 17.4. The van der Waals surface area contributed by atoms with Gasteiger partial charge in [0.2, 0.25) is 0 Å². The Balaban J connectivity index is 1.30. The van der Waals surface area contributed by atoms with Crippen molar-refractivity contribution in [3.8, 4) is 0 Å². The predicted molar refractivity (Wildman–Crippen MR) is 170 cm³/mol. The van der Waals surface area contributed by atoms with E-state index < -0.39 is 0 Å². The molecule has 1 N–H and O–H groups in total. The van der Waals surface area contributed by atoms with Crippen molar-refractivity contribution in [1.29, 1.82) is 0 Å². The Hall–Kier alpha value is -1.07. The van der Waals surface area contributed by atoms with Crippen molar-refractivity contribution in [3.05, 3.63) is 11.6 Å². The van der Waals surface area contributed by atoms with E-state index in [9.17, 15) is 4.79 Å². The summed E-state index contributed by atoms with van der Waals surface area (Å²) in [5.74, 6) is 5.97. The quantitative estimate of drug-likeness (QED) is 0.178. The molecule has 0 radical (unpaired) electrons. The standard InChI is InChI=1S/C36H64N2O3/c1-9-27(25(2)3)11-10-26(4)31-14-15-32-30-13-12-28-24-29(41-34(39)37-20-22-40-23-21-38(7)8)16-18-35(28,5)33(30)17-19-36(31,32)6/h12,25-27,29-33H,9-11,13-24H2,1-8H3,(H,37,39)/t26?,27-,29+,30+,31?,32?,33?,35+,36-/m1/s1. The number of amides is 1. The lowest BCUT2D eigenvalue weighted by atomic mass is 9.47. The molecule has 9 atom stereocenters. The highest BCUT2D eigenvalue weighted by molar-refractivity contribution is 5.67. The van der Waals surface area contributed by atoms with E-state index in [1.807, 2.05) is 14.1 Å². The van der Waals surface area contributed by atoms with Gasteiger partial charge in [0, 0.05) is 19.5 Å². The third kappa shape index (κ3) is 7.36. The number of nitrogens with one attached hydrogen (secondary N) is 1. The fourth-order valence-corrected chi connectivity index (χ4v) is 10.2. The van der Waals surface area contributed by atoms with Crippen molar-refractivity contribution >= 4 is 6.09 Å². The van der Waals surface area contributed by atoms with Crippen LogP contribution in [-0.2, 0) is 9.47 Å². The van der Waals surface area contributed by atoms with Crippen molar-refractivity contribution in [2.45, 2.75) is 118 Å². The summed E-state index contributed by atoms with van der Waals surface area (Å²) in [6.45, 7) is 17.7. The van der Waals surface area contributed by atoms with Gasteiger partial charge in [-0.1, -0.05) is 66.0 Å². The van der Waals surface area contributed by atoms with E-state index in [1.54, 1.807) is 5.57 Å². The molecule has 4 unspecified atom stereocenters. The van der Waals surface area contributed by atoms with Gasteiger partial charge in [-0.05, 0) is 118 Å². The summed E-state index contributed by atoms with van der Waals surface area (Å²) in [5.41, 5.74) is 2.40. The van der Waals surface area contributed by atoms with Gasteiger partial charge in [-0.25, -0.2) is 4.79 Å². The molecule has 4 aliphatic rings. The monoisotopic (exact) mass is 572 g/mol. The minimum Gasteiger partial charge on any atom is -0.446 e. The molecule has 0 aromatic rings. The molecule has 236 valence electrons. The minimum atomic E-state index is -0.290. The second-order valence-electron chi connectivity index (χ2n) is 15.6. The van der Waals surface area contributed by atoms with Crippen LogP contribution in [0.25, 0.3) is 0 Å². The van der Waals surface area contributed by atoms with Crippen LogP contribution in [0.1, 0.15) is 112 Å². The van der Waals surface area contributed by atoms with Gasteiger partial charge in [0.25, 0.3) is 0 Å². The Morgan fingerprint density at radius 1 is 1.05 bits per heavy atom. The third-order valence-electron chi connectivity index (χ3n) is 12.8. The maximum Gasteiger partial charge on any atom is 0.407 e. The normalized spacial score (nSPS) is 36.2. The zero-order valence-corrected chi connectivity index (χ0v) is 28.0. The second-order valence-corrected chi connectivity index (χ2v) is 15.6. The largest absolute Gasteiger partial charge is 0.446 e. The van der Waals surface area contributed by atoms with E-state index in [0.717, 1.165) is 67.2 Å². The Morgan fingerprint density at radius 3 is 2.54 bits per heavy atom. The van der Waals surface area contributed by atoms with Crippen LogP contribution in [0.2, 0.25) is 0 Å². The Morgan fingerprint density at radius 2 is 1.83 bits per heavy atom. The fraction of sp³-hybridized carbons (Fsp3) is 0.917. The first-order valence-corrected chi connectivity index (χ1v) is 17.4. The number of rotatable bonds is 13. The number of allylic oxidation sites excluding steroid dienone is 1. The molecule has 0 spiro atoms. The molecule has 0 bridgehead atoms. The third-order valence-corrected chi connectivity index (χ3v) is 12.8. The molecule has 5 nitrogen and oxygen atoms in total. The molecule has 0 saturated heterocycles. The Bertz CT molecular complexity index is 886. The van der Waals surface area contributed by atoms with E-state index >= 15 is 0 Å². The highest BCUT2D eigenvalue weighted by Gasteiger charge is 2.59. The molecule has 3 fully saturated rings. The SMILES string of the molecule is CC[C@H](CCC(C)C1CCC2[C@@H]3CC=C4C[C@@H](OC(=O)NCCOCCN(C)C)CC[C@]4(C)C3CC[C@]12C)C(C)C. The van der Waals surface area contributed by atoms with E-state index in [-0.39, 0.29) is 17.6 Å². The van der Waals surface area contributed by atoms with Crippen LogP contribution in [0.4, 0.5) is 4.79 Å². The smallest absolute Gasteiger partial charge is 0.407 e. The van der Waals surface area contributed by atoms with Gasteiger partial charge in [0.1, 0.15) is 6.10 Å². The number of carbonyl (C=O) groups is 1. The number of hydrogen-bond acceptors (Lipinski definition) is 4. The molecule has 4 rings (SSSR count). The maximum absolute atomic E-state index is 12.5. The van der Waals surface area contributed by atoms with E-state index in [0.29, 0.717) is 25.2 Å². The Labute approximate surface area is 252 Å². The first-order chi connectivity index (χ1) is 19.5. The average Bonchev–Trinajstić information content (AvgIpc) is 3.28. The van der Waals surface area contributed by atoms with Gasteiger partial charge in [-0.15, -0.1) is 0 Å². The molecule has 0 aromatic heterocycles. The summed E-state index contributed by atoms with van der Waals surface area (Å²) in [4.78, 5) is 14.6. The number of fused-ring (bicyclic) bond motifs is 5. The summed E-state index contributed by atoms with van der Waals surface area (Å²) in [6, 6.07) is 0. The molecular weight excluding hydrogens is 508 g/mol. The van der Waals surface area contributed by atoms with Crippen molar-refractivity contribution in [2.75, 3.05) is 40.4 Å². The van der Waals surface area contributed by atoms with Gasteiger partial charge >= 0.3 is 6.09 Å². The van der Waals surface area contributed by atoms with Crippen molar-refractivity contribution in [3.63, 3.8) is 0 Å². The molecule has 0 heterocycles. The van der Waals surface area contributed by atoms with Gasteiger partial charge in [-0.2, -0.15) is 0 Å². The minimum absolute atomic E-state index is 0.00360. The lowest BCUT2D eigenvalue weighted by Crippen LogP contribution is -2.51. The van der Waals surface area contributed by atoms with Crippen LogP contribution in [0, 0.1) is 52.3 Å². The summed E-state index contributed by atoms with van der Waals surface area (Å²) >= 11 is 0. The zero-order chi connectivity index (χ0) is 29.8. The van der Waals surface area contributed by atoms with Crippen LogP contribution < -0.4 is 5.32 Å². The number of carbonyl (C=O) groups excluding carboxylic acids is 1. The van der Waals surface area contributed by atoms with Crippen LogP contribution in [0.15, 0.2) is 11.6 Å². The second kappa shape index (κ2) is 14.1. The molecule has 1 amide bonds. The predicted octanol–water partition coefficient (Wildman–Crippen LogP) is 8.34. The van der Waals surface area contributed by atoms with Crippen molar-refractivity contribution < 1.29 is 14.3 Å².